The van der Waals surface area contributed by atoms with Crippen LogP contribution in [0, 0.1) is 6.92 Å². The fourth-order valence-electron chi connectivity index (χ4n) is 1.82. The Balaban J connectivity index is 1.68. The highest BCUT2D eigenvalue weighted by molar-refractivity contribution is 7.13. The molecular weight excluding hydrogens is 314 g/mol. The molecule has 0 bridgehead atoms. The third-order valence-electron chi connectivity index (χ3n) is 2.80. The molecule has 7 nitrogen and oxygen atoms in total. The summed E-state index contributed by atoms with van der Waals surface area (Å²) in [6.07, 6.45) is 4.96. The molecule has 0 saturated heterocycles. The summed E-state index contributed by atoms with van der Waals surface area (Å²) >= 11 is 1.34. The van der Waals surface area contributed by atoms with Gasteiger partial charge in [-0.25, -0.2) is 9.97 Å². The molecule has 116 valence electrons. The Morgan fingerprint density at radius 3 is 2.83 bits per heavy atom. The number of carbonyl (C=O) groups is 1. The third-order valence-corrected chi connectivity index (χ3v) is 3.49. The van der Waals surface area contributed by atoms with Crippen LogP contribution in [0.4, 0.5) is 5.13 Å². The summed E-state index contributed by atoms with van der Waals surface area (Å²) < 4.78 is 5.46. The average molecular weight is 327 g/mol. The van der Waals surface area contributed by atoms with E-state index >= 15 is 0 Å². The Bertz CT molecular complexity index is 793. The SMILES string of the molecule is Cc1cc(OCC(=O)Nc2nccs2)nc(-c2ccncc2)n1. The van der Waals surface area contributed by atoms with Crippen molar-refractivity contribution in [2.24, 2.45) is 0 Å². The molecular formula is C15H13N5O2S. The summed E-state index contributed by atoms with van der Waals surface area (Å²) in [6, 6.07) is 5.31. The van der Waals surface area contributed by atoms with E-state index < -0.39 is 0 Å². The largest absolute Gasteiger partial charge is 0.467 e. The minimum absolute atomic E-state index is 0.147. The molecule has 0 aliphatic heterocycles. The number of nitrogens with zero attached hydrogens (tertiary/aromatic N) is 4. The van der Waals surface area contributed by atoms with Gasteiger partial charge in [-0.1, -0.05) is 0 Å². The highest BCUT2D eigenvalue weighted by atomic mass is 32.1. The van der Waals surface area contributed by atoms with Gasteiger partial charge in [0.1, 0.15) is 0 Å². The number of nitrogens with one attached hydrogen (secondary N) is 1. The summed E-state index contributed by atoms with van der Waals surface area (Å²) in [5.74, 6) is 0.586. The zero-order valence-electron chi connectivity index (χ0n) is 12.3. The van der Waals surface area contributed by atoms with E-state index in [1.807, 2.05) is 19.1 Å². The number of hydrogen-bond acceptors (Lipinski definition) is 7. The molecule has 0 unspecified atom stereocenters. The first-order valence-electron chi connectivity index (χ1n) is 6.79. The fourth-order valence-corrected chi connectivity index (χ4v) is 2.37. The highest BCUT2D eigenvalue weighted by Gasteiger charge is 2.09. The number of carbonyl (C=O) groups excluding carboxylic acids is 1. The van der Waals surface area contributed by atoms with E-state index in [4.69, 9.17) is 4.74 Å². The van der Waals surface area contributed by atoms with E-state index in [1.165, 1.54) is 11.3 Å². The number of rotatable bonds is 5. The van der Waals surface area contributed by atoms with Gasteiger partial charge in [-0.05, 0) is 19.1 Å². The first-order chi connectivity index (χ1) is 11.2. The lowest BCUT2D eigenvalue weighted by Gasteiger charge is -2.08. The fraction of sp³-hybridized carbons (Fsp3) is 0.133. The quantitative estimate of drug-likeness (QED) is 0.773. The summed E-state index contributed by atoms with van der Waals surface area (Å²) in [4.78, 5) is 28.4. The molecule has 0 saturated carbocycles. The van der Waals surface area contributed by atoms with E-state index in [1.54, 1.807) is 30.0 Å². The minimum atomic E-state index is -0.290. The molecule has 3 heterocycles. The molecule has 0 aliphatic carbocycles. The number of aromatic nitrogens is 4. The van der Waals surface area contributed by atoms with E-state index in [0.717, 1.165) is 11.3 Å². The molecule has 3 aromatic heterocycles. The van der Waals surface area contributed by atoms with Gasteiger partial charge < -0.3 is 4.74 Å². The van der Waals surface area contributed by atoms with E-state index in [0.29, 0.717) is 16.8 Å². The third kappa shape index (κ3) is 4.07. The molecule has 1 amide bonds. The standard InChI is InChI=1S/C15H13N5O2S/c1-10-8-13(20-14(18-10)11-2-4-16-5-3-11)22-9-12(21)19-15-17-6-7-23-15/h2-8H,9H2,1H3,(H,17,19,21). The van der Waals surface area contributed by atoms with Gasteiger partial charge in [-0.15, -0.1) is 11.3 Å². The Hall–Kier alpha value is -2.87. The van der Waals surface area contributed by atoms with Gasteiger partial charge in [0.15, 0.2) is 17.6 Å². The van der Waals surface area contributed by atoms with E-state index in [9.17, 15) is 4.79 Å². The maximum atomic E-state index is 11.8. The topological polar surface area (TPSA) is 89.9 Å². The predicted molar refractivity (Wildman–Crippen MR) is 86.2 cm³/mol. The second-order valence-electron chi connectivity index (χ2n) is 4.58. The van der Waals surface area contributed by atoms with Gasteiger partial charge in [0.05, 0.1) is 0 Å². The van der Waals surface area contributed by atoms with Crippen LogP contribution < -0.4 is 10.1 Å². The smallest absolute Gasteiger partial charge is 0.264 e. The molecule has 3 rings (SSSR count). The number of aryl methyl sites for hydroxylation is 1. The number of thiazole rings is 1. The normalized spacial score (nSPS) is 10.3. The number of amides is 1. The molecule has 23 heavy (non-hydrogen) atoms. The van der Waals surface area contributed by atoms with Crippen LogP contribution in [0.15, 0.2) is 42.2 Å². The first kappa shape index (κ1) is 15.0. The van der Waals surface area contributed by atoms with Gasteiger partial charge in [-0.3, -0.25) is 15.1 Å². The molecule has 0 aliphatic rings. The number of ether oxygens (including phenoxy) is 1. The van der Waals surface area contributed by atoms with Crippen LogP contribution in [0.1, 0.15) is 5.69 Å². The van der Waals surface area contributed by atoms with Gasteiger partial charge in [0, 0.05) is 41.3 Å². The van der Waals surface area contributed by atoms with E-state index in [-0.39, 0.29) is 12.5 Å². The lowest BCUT2D eigenvalue weighted by atomic mass is 10.2. The van der Waals surface area contributed by atoms with E-state index in [2.05, 4.69) is 25.3 Å². The highest BCUT2D eigenvalue weighted by Crippen LogP contribution is 2.18. The van der Waals surface area contributed by atoms with Crippen molar-refractivity contribution < 1.29 is 9.53 Å². The molecule has 0 fully saturated rings. The van der Waals surface area contributed by atoms with Gasteiger partial charge >= 0.3 is 0 Å². The van der Waals surface area contributed by atoms with Gasteiger partial charge in [0.2, 0.25) is 5.88 Å². The van der Waals surface area contributed by atoms with Crippen LogP contribution in [0.3, 0.4) is 0 Å². The lowest BCUT2D eigenvalue weighted by Crippen LogP contribution is -2.20. The number of pyridine rings is 1. The zero-order chi connectivity index (χ0) is 16.1. The van der Waals surface area contributed by atoms with Crippen LogP contribution in [0.25, 0.3) is 11.4 Å². The maximum absolute atomic E-state index is 11.8. The van der Waals surface area contributed by atoms with Crippen LogP contribution >= 0.6 is 11.3 Å². The van der Waals surface area contributed by atoms with Crippen molar-refractivity contribution in [1.29, 1.82) is 0 Å². The minimum Gasteiger partial charge on any atom is -0.467 e. The van der Waals surface area contributed by atoms with Crippen LogP contribution in [-0.4, -0.2) is 32.4 Å². The van der Waals surface area contributed by atoms with Crippen molar-refractivity contribution >= 4 is 22.4 Å². The maximum Gasteiger partial charge on any atom is 0.264 e. The summed E-state index contributed by atoms with van der Waals surface area (Å²) in [5, 5.41) is 4.96. The molecule has 8 heteroatoms. The monoisotopic (exact) mass is 327 g/mol. The summed E-state index contributed by atoms with van der Waals surface area (Å²) in [6.45, 7) is 1.70. The predicted octanol–water partition coefficient (Wildman–Crippen LogP) is 2.32. The zero-order valence-corrected chi connectivity index (χ0v) is 13.1. The Morgan fingerprint density at radius 2 is 2.09 bits per heavy atom. The Kier molecular flexibility index (Phi) is 4.53. The molecule has 0 radical (unpaired) electrons. The Labute approximate surface area is 136 Å². The molecule has 1 N–H and O–H groups in total. The van der Waals surface area contributed by atoms with Crippen LogP contribution in [0.5, 0.6) is 5.88 Å². The van der Waals surface area contributed by atoms with Crippen LogP contribution in [-0.2, 0) is 4.79 Å². The first-order valence-corrected chi connectivity index (χ1v) is 7.67. The lowest BCUT2D eigenvalue weighted by molar-refractivity contribution is -0.118. The second kappa shape index (κ2) is 6.93. The van der Waals surface area contributed by atoms with Gasteiger partial charge in [0.25, 0.3) is 5.91 Å². The summed E-state index contributed by atoms with van der Waals surface area (Å²) in [7, 11) is 0. The van der Waals surface area contributed by atoms with Crippen molar-refractivity contribution in [3.05, 3.63) is 47.9 Å². The number of hydrogen-bond donors (Lipinski definition) is 1. The van der Waals surface area contributed by atoms with Crippen molar-refractivity contribution in [2.75, 3.05) is 11.9 Å². The van der Waals surface area contributed by atoms with Crippen molar-refractivity contribution in [1.82, 2.24) is 19.9 Å². The van der Waals surface area contributed by atoms with Crippen molar-refractivity contribution in [3.8, 4) is 17.3 Å². The van der Waals surface area contributed by atoms with Crippen molar-refractivity contribution in [3.63, 3.8) is 0 Å². The second-order valence-corrected chi connectivity index (χ2v) is 5.48. The molecule has 0 aromatic carbocycles. The van der Waals surface area contributed by atoms with Crippen LogP contribution in [0.2, 0.25) is 0 Å². The molecule has 3 aromatic rings. The summed E-state index contributed by atoms with van der Waals surface area (Å²) in [5.41, 5.74) is 1.59. The molecule has 0 spiro atoms. The van der Waals surface area contributed by atoms with Gasteiger partial charge in [-0.2, -0.15) is 4.98 Å². The van der Waals surface area contributed by atoms with Crippen molar-refractivity contribution in [2.45, 2.75) is 6.92 Å². The molecule has 0 atom stereocenters. The number of anilines is 1. The Morgan fingerprint density at radius 1 is 1.26 bits per heavy atom. The average Bonchev–Trinajstić information content (AvgIpc) is 3.06.